The Morgan fingerprint density at radius 1 is 1.24 bits per heavy atom. The third kappa shape index (κ3) is 4.84. The maximum absolute atomic E-state index is 10.1. The van der Waals surface area contributed by atoms with Crippen LogP contribution in [0.15, 0.2) is 18.2 Å². The van der Waals surface area contributed by atoms with E-state index in [-0.39, 0.29) is 5.54 Å². The normalized spacial score (nSPS) is 14.1. The highest BCUT2D eigenvalue weighted by Crippen LogP contribution is 2.16. The van der Waals surface area contributed by atoms with E-state index >= 15 is 0 Å². The molecular weight excluding hydrogens is 212 g/mol. The zero-order valence-electron chi connectivity index (χ0n) is 11.5. The fourth-order valence-electron chi connectivity index (χ4n) is 1.48. The molecule has 0 aliphatic carbocycles. The third-order valence-corrected chi connectivity index (χ3v) is 2.55. The van der Waals surface area contributed by atoms with Crippen molar-refractivity contribution in [1.29, 1.82) is 0 Å². The Morgan fingerprint density at radius 3 is 2.35 bits per heavy atom. The summed E-state index contributed by atoms with van der Waals surface area (Å²) in [7, 11) is 0. The standard InChI is InChI=1S/C14H24N2O/c1-10(2)11-7-6-8-12(16-11)13(17)9-15-14(3,4)5/h6-8,10,13,15,17H,9H2,1-5H3/t13-/m0/s1. The predicted molar refractivity (Wildman–Crippen MR) is 71.0 cm³/mol. The molecule has 1 heterocycles. The lowest BCUT2D eigenvalue weighted by molar-refractivity contribution is 0.158. The van der Waals surface area contributed by atoms with Crippen LogP contribution in [-0.2, 0) is 0 Å². The smallest absolute Gasteiger partial charge is 0.108 e. The zero-order chi connectivity index (χ0) is 13.1. The molecule has 2 N–H and O–H groups in total. The minimum atomic E-state index is -0.548. The van der Waals surface area contributed by atoms with Crippen molar-refractivity contribution in [3.05, 3.63) is 29.6 Å². The van der Waals surface area contributed by atoms with Crippen molar-refractivity contribution in [2.24, 2.45) is 0 Å². The summed E-state index contributed by atoms with van der Waals surface area (Å²) >= 11 is 0. The number of β-amino-alcohol motifs (C(OH)–C–C–N with tert-alkyl or cyclic N) is 1. The number of hydrogen-bond acceptors (Lipinski definition) is 3. The molecule has 0 spiro atoms. The molecule has 0 saturated carbocycles. The molecule has 0 fully saturated rings. The van der Waals surface area contributed by atoms with Crippen LogP contribution in [0.2, 0.25) is 0 Å². The first-order valence-electron chi connectivity index (χ1n) is 6.19. The Labute approximate surface area is 104 Å². The summed E-state index contributed by atoms with van der Waals surface area (Å²) < 4.78 is 0. The van der Waals surface area contributed by atoms with Gasteiger partial charge in [0, 0.05) is 17.8 Å². The van der Waals surface area contributed by atoms with E-state index in [9.17, 15) is 5.11 Å². The molecule has 0 aliphatic rings. The van der Waals surface area contributed by atoms with Gasteiger partial charge >= 0.3 is 0 Å². The maximum atomic E-state index is 10.1. The Hall–Kier alpha value is -0.930. The predicted octanol–water partition coefficient (Wildman–Crippen LogP) is 2.63. The molecule has 1 aromatic rings. The summed E-state index contributed by atoms with van der Waals surface area (Å²) in [6, 6.07) is 5.83. The number of aliphatic hydroxyl groups excluding tert-OH is 1. The second-order valence-electron chi connectivity index (χ2n) is 5.79. The van der Waals surface area contributed by atoms with Crippen LogP contribution in [0.3, 0.4) is 0 Å². The largest absolute Gasteiger partial charge is 0.385 e. The van der Waals surface area contributed by atoms with Crippen molar-refractivity contribution in [3.63, 3.8) is 0 Å². The third-order valence-electron chi connectivity index (χ3n) is 2.55. The minimum Gasteiger partial charge on any atom is -0.385 e. The van der Waals surface area contributed by atoms with E-state index in [4.69, 9.17) is 0 Å². The van der Waals surface area contributed by atoms with Crippen LogP contribution >= 0.6 is 0 Å². The van der Waals surface area contributed by atoms with Gasteiger partial charge in [-0.05, 0) is 38.8 Å². The van der Waals surface area contributed by atoms with Crippen molar-refractivity contribution in [3.8, 4) is 0 Å². The van der Waals surface area contributed by atoms with Crippen LogP contribution in [0.25, 0.3) is 0 Å². The first kappa shape index (κ1) is 14.1. The summed E-state index contributed by atoms with van der Waals surface area (Å²) in [4.78, 5) is 4.48. The minimum absolute atomic E-state index is 0.0106. The first-order chi connectivity index (χ1) is 7.79. The summed E-state index contributed by atoms with van der Waals surface area (Å²) in [5.74, 6) is 0.387. The van der Waals surface area contributed by atoms with Gasteiger partial charge in [0.1, 0.15) is 6.10 Å². The number of hydrogen-bond donors (Lipinski definition) is 2. The molecular formula is C14H24N2O. The molecule has 0 saturated heterocycles. The monoisotopic (exact) mass is 236 g/mol. The number of nitrogens with zero attached hydrogens (tertiary/aromatic N) is 1. The molecule has 1 atom stereocenters. The van der Waals surface area contributed by atoms with Crippen molar-refractivity contribution in [2.75, 3.05) is 6.54 Å². The van der Waals surface area contributed by atoms with Crippen LogP contribution in [0, 0.1) is 0 Å². The summed E-state index contributed by atoms with van der Waals surface area (Å²) in [5, 5.41) is 13.3. The molecule has 1 aromatic heterocycles. The average Bonchev–Trinajstić information content (AvgIpc) is 2.25. The molecule has 0 amide bonds. The molecule has 3 nitrogen and oxygen atoms in total. The van der Waals surface area contributed by atoms with Gasteiger partial charge in [-0.1, -0.05) is 19.9 Å². The highest BCUT2D eigenvalue weighted by atomic mass is 16.3. The Bertz CT molecular complexity index is 355. The Kier molecular flexibility index (Phi) is 4.66. The second kappa shape index (κ2) is 5.61. The number of nitrogens with one attached hydrogen (secondary N) is 1. The van der Waals surface area contributed by atoms with Crippen molar-refractivity contribution >= 4 is 0 Å². The van der Waals surface area contributed by atoms with Crippen LogP contribution in [-0.4, -0.2) is 22.2 Å². The highest BCUT2D eigenvalue weighted by molar-refractivity contribution is 5.15. The Morgan fingerprint density at radius 2 is 1.82 bits per heavy atom. The maximum Gasteiger partial charge on any atom is 0.108 e. The van der Waals surface area contributed by atoms with E-state index in [1.807, 2.05) is 18.2 Å². The summed E-state index contributed by atoms with van der Waals surface area (Å²) in [6.07, 6.45) is -0.548. The molecule has 3 heteroatoms. The zero-order valence-corrected chi connectivity index (χ0v) is 11.5. The SMILES string of the molecule is CC(C)c1cccc([C@@H](O)CNC(C)(C)C)n1. The summed E-state index contributed by atoms with van der Waals surface area (Å²) in [6.45, 7) is 11.0. The lowest BCUT2D eigenvalue weighted by Crippen LogP contribution is -2.38. The van der Waals surface area contributed by atoms with E-state index in [1.165, 1.54) is 0 Å². The average molecular weight is 236 g/mol. The van der Waals surface area contributed by atoms with Crippen molar-refractivity contribution in [2.45, 2.75) is 52.2 Å². The fourth-order valence-corrected chi connectivity index (χ4v) is 1.48. The van der Waals surface area contributed by atoms with Gasteiger partial charge in [0.05, 0.1) is 5.69 Å². The van der Waals surface area contributed by atoms with Gasteiger partial charge in [-0.3, -0.25) is 4.98 Å². The molecule has 96 valence electrons. The van der Waals surface area contributed by atoms with Gasteiger partial charge in [-0.25, -0.2) is 0 Å². The van der Waals surface area contributed by atoms with Crippen LogP contribution in [0.1, 0.15) is 58.0 Å². The molecule has 0 radical (unpaired) electrons. The second-order valence-corrected chi connectivity index (χ2v) is 5.79. The van der Waals surface area contributed by atoms with Gasteiger partial charge in [0.25, 0.3) is 0 Å². The van der Waals surface area contributed by atoms with E-state index < -0.39 is 6.10 Å². The Balaban J connectivity index is 2.69. The lowest BCUT2D eigenvalue weighted by Gasteiger charge is -2.23. The molecule has 0 bridgehead atoms. The first-order valence-corrected chi connectivity index (χ1v) is 6.19. The van der Waals surface area contributed by atoms with E-state index in [0.717, 1.165) is 11.4 Å². The van der Waals surface area contributed by atoms with Crippen LogP contribution < -0.4 is 5.32 Å². The molecule has 17 heavy (non-hydrogen) atoms. The van der Waals surface area contributed by atoms with Gasteiger partial charge in [-0.15, -0.1) is 0 Å². The molecule has 0 unspecified atom stereocenters. The topological polar surface area (TPSA) is 45.1 Å². The van der Waals surface area contributed by atoms with E-state index in [0.29, 0.717) is 12.5 Å². The van der Waals surface area contributed by atoms with Gasteiger partial charge in [0.15, 0.2) is 0 Å². The fraction of sp³-hybridized carbons (Fsp3) is 0.643. The summed E-state index contributed by atoms with van der Waals surface area (Å²) in [5.41, 5.74) is 1.78. The highest BCUT2D eigenvalue weighted by Gasteiger charge is 2.15. The lowest BCUT2D eigenvalue weighted by atomic mass is 10.1. The number of aliphatic hydroxyl groups is 1. The van der Waals surface area contributed by atoms with E-state index in [2.05, 4.69) is 44.9 Å². The van der Waals surface area contributed by atoms with Crippen molar-refractivity contribution < 1.29 is 5.11 Å². The molecule has 0 aliphatic heterocycles. The molecule has 1 rings (SSSR count). The number of pyridine rings is 1. The number of aromatic nitrogens is 1. The van der Waals surface area contributed by atoms with E-state index in [1.54, 1.807) is 0 Å². The molecule has 0 aromatic carbocycles. The van der Waals surface area contributed by atoms with Gasteiger partial charge in [0.2, 0.25) is 0 Å². The van der Waals surface area contributed by atoms with Crippen LogP contribution in [0.5, 0.6) is 0 Å². The quantitative estimate of drug-likeness (QED) is 0.844. The number of rotatable bonds is 4. The van der Waals surface area contributed by atoms with Gasteiger partial charge in [-0.2, -0.15) is 0 Å². The van der Waals surface area contributed by atoms with Crippen LogP contribution in [0.4, 0.5) is 0 Å². The van der Waals surface area contributed by atoms with Gasteiger partial charge < -0.3 is 10.4 Å². The van der Waals surface area contributed by atoms with Crippen molar-refractivity contribution in [1.82, 2.24) is 10.3 Å².